The molecule has 0 atom stereocenters. The zero-order valence-electron chi connectivity index (χ0n) is 7.95. The number of aromatic hydroxyl groups is 1. The van der Waals surface area contributed by atoms with Crippen LogP contribution in [-0.2, 0) is 10.6 Å². The summed E-state index contributed by atoms with van der Waals surface area (Å²) in [5.41, 5.74) is 0.396. The van der Waals surface area contributed by atoms with Crippen molar-refractivity contribution >= 4 is 17.6 Å². The maximum atomic E-state index is 11.3. The molecular weight excluding hydrogens is 218 g/mol. The smallest absolute Gasteiger partial charge is 0.339 e. The average Bonchev–Trinajstić information content (AvgIpc) is 2.27. The largest absolute Gasteiger partial charge is 0.508 e. The van der Waals surface area contributed by atoms with Gasteiger partial charge in [-0.15, -0.1) is 11.6 Å². The molecule has 0 aromatic heterocycles. The summed E-state index contributed by atoms with van der Waals surface area (Å²) >= 11 is 5.57. The fourth-order valence-electron chi connectivity index (χ4n) is 1.18. The first-order chi connectivity index (χ1) is 7.15. The van der Waals surface area contributed by atoms with Gasteiger partial charge in [-0.1, -0.05) is 0 Å². The Labute approximate surface area is 91.7 Å². The van der Waals surface area contributed by atoms with Gasteiger partial charge >= 0.3 is 5.97 Å². The van der Waals surface area contributed by atoms with E-state index >= 15 is 0 Å². The molecule has 0 amide bonds. The highest BCUT2D eigenvalue weighted by Gasteiger charge is 2.17. The van der Waals surface area contributed by atoms with Gasteiger partial charge in [0.2, 0.25) is 0 Å². The predicted octanol–water partition coefficient (Wildman–Crippen LogP) is 1.79. The van der Waals surface area contributed by atoms with E-state index in [4.69, 9.17) is 16.9 Å². The number of rotatable bonds is 2. The molecule has 0 aliphatic rings. The Balaban J connectivity index is 3.43. The molecule has 78 valence electrons. The second-order valence-corrected chi connectivity index (χ2v) is 2.99. The number of methoxy groups -OCH3 is 1. The lowest BCUT2D eigenvalue weighted by Gasteiger charge is -2.07. The minimum absolute atomic E-state index is 0.0421. The van der Waals surface area contributed by atoms with Gasteiger partial charge in [0.05, 0.1) is 24.1 Å². The highest BCUT2D eigenvalue weighted by Crippen LogP contribution is 2.26. The van der Waals surface area contributed by atoms with Gasteiger partial charge in [-0.05, 0) is 12.1 Å². The van der Waals surface area contributed by atoms with Crippen LogP contribution in [-0.4, -0.2) is 18.2 Å². The van der Waals surface area contributed by atoms with Crippen molar-refractivity contribution in [1.29, 1.82) is 5.26 Å². The van der Waals surface area contributed by atoms with Gasteiger partial charge in [-0.2, -0.15) is 5.26 Å². The van der Waals surface area contributed by atoms with Gasteiger partial charge in [0.15, 0.2) is 0 Å². The number of ether oxygens (including phenoxy) is 1. The monoisotopic (exact) mass is 225 g/mol. The molecule has 0 saturated carbocycles. The van der Waals surface area contributed by atoms with E-state index < -0.39 is 5.97 Å². The van der Waals surface area contributed by atoms with Crippen LogP contribution < -0.4 is 0 Å². The van der Waals surface area contributed by atoms with Crippen LogP contribution in [0.25, 0.3) is 0 Å². The SMILES string of the molecule is COC(=O)c1ccc(O)c(CCl)c1C#N. The fraction of sp³-hybridized carbons (Fsp3) is 0.200. The zero-order valence-corrected chi connectivity index (χ0v) is 8.71. The Hall–Kier alpha value is -1.73. The first-order valence-electron chi connectivity index (χ1n) is 4.05. The van der Waals surface area contributed by atoms with Crippen molar-refractivity contribution in [2.24, 2.45) is 0 Å². The maximum absolute atomic E-state index is 11.3. The molecule has 4 nitrogen and oxygen atoms in total. The zero-order chi connectivity index (χ0) is 11.4. The molecule has 15 heavy (non-hydrogen) atoms. The summed E-state index contributed by atoms with van der Waals surface area (Å²) in [5.74, 6) is -0.772. The number of hydrogen-bond acceptors (Lipinski definition) is 4. The van der Waals surface area contributed by atoms with Crippen molar-refractivity contribution in [3.05, 3.63) is 28.8 Å². The van der Waals surface area contributed by atoms with Crippen LogP contribution in [0.15, 0.2) is 12.1 Å². The summed E-state index contributed by atoms with van der Waals surface area (Å²) in [6.45, 7) is 0. The van der Waals surface area contributed by atoms with Crippen LogP contribution in [0.2, 0.25) is 0 Å². The van der Waals surface area contributed by atoms with Crippen LogP contribution in [0.4, 0.5) is 0 Å². The molecule has 1 N–H and O–H groups in total. The summed E-state index contributed by atoms with van der Waals surface area (Å²) in [6.07, 6.45) is 0. The normalized spacial score (nSPS) is 9.40. The van der Waals surface area contributed by atoms with E-state index in [1.165, 1.54) is 19.2 Å². The molecule has 1 aromatic carbocycles. The lowest BCUT2D eigenvalue weighted by molar-refractivity contribution is 0.0600. The lowest BCUT2D eigenvalue weighted by Crippen LogP contribution is -2.06. The molecule has 5 heteroatoms. The summed E-state index contributed by atoms with van der Waals surface area (Å²) < 4.78 is 4.50. The van der Waals surface area contributed by atoms with Crippen LogP contribution in [0.1, 0.15) is 21.5 Å². The van der Waals surface area contributed by atoms with Gasteiger partial charge in [0.1, 0.15) is 11.8 Å². The number of carbonyl (C=O) groups is 1. The van der Waals surface area contributed by atoms with E-state index in [9.17, 15) is 9.90 Å². The minimum Gasteiger partial charge on any atom is -0.508 e. The van der Waals surface area contributed by atoms with Gasteiger partial charge < -0.3 is 9.84 Å². The van der Waals surface area contributed by atoms with Crippen molar-refractivity contribution < 1.29 is 14.6 Å². The van der Waals surface area contributed by atoms with Crippen LogP contribution in [0, 0.1) is 11.3 Å². The third-order valence-electron chi connectivity index (χ3n) is 1.94. The standard InChI is InChI=1S/C10H8ClNO3/c1-15-10(14)6-2-3-9(13)7(4-11)8(6)5-12/h2-3,13H,4H2,1H3. The number of nitriles is 1. The molecule has 0 aliphatic heterocycles. The summed E-state index contributed by atoms with van der Waals surface area (Å²) in [7, 11) is 1.22. The predicted molar refractivity (Wildman–Crippen MR) is 53.7 cm³/mol. The third-order valence-corrected chi connectivity index (χ3v) is 2.21. The summed E-state index contributed by atoms with van der Waals surface area (Å²) in [6, 6.07) is 4.47. The van der Waals surface area contributed by atoms with Crippen molar-refractivity contribution in [2.75, 3.05) is 7.11 Å². The van der Waals surface area contributed by atoms with E-state index in [1.807, 2.05) is 6.07 Å². The first-order valence-corrected chi connectivity index (χ1v) is 4.58. The van der Waals surface area contributed by atoms with Gasteiger partial charge in [0, 0.05) is 5.56 Å². The molecule has 0 aliphatic carbocycles. The number of benzene rings is 1. The Morgan fingerprint density at radius 1 is 1.67 bits per heavy atom. The molecule has 0 radical (unpaired) electrons. The Morgan fingerprint density at radius 2 is 2.33 bits per heavy atom. The van der Waals surface area contributed by atoms with Crippen molar-refractivity contribution in [3.8, 4) is 11.8 Å². The van der Waals surface area contributed by atoms with E-state index in [1.54, 1.807) is 0 Å². The lowest BCUT2D eigenvalue weighted by atomic mass is 10.0. The molecule has 0 saturated heterocycles. The van der Waals surface area contributed by atoms with Gasteiger partial charge in [-0.25, -0.2) is 4.79 Å². The molecule has 0 fully saturated rings. The third kappa shape index (κ3) is 2.03. The number of hydrogen-bond donors (Lipinski definition) is 1. The molecule has 1 aromatic rings. The quantitative estimate of drug-likeness (QED) is 0.615. The fourth-order valence-corrected chi connectivity index (χ4v) is 1.45. The Bertz CT molecular complexity index is 437. The molecular formula is C10H8ClNO3. The summed E-state index contributed by atoms with van der Waals surface area (Å²) in [4.78, 5) is 11.3. The number of nitrogens with zero attached hydrogens (tertiary/aromatic N) is 1. The minimum atomic E-state index is -0.627. The molecule has 0 spiro atoms. The van der Waals surface area contributed by atoms with Crippen LogP contribution >= 0.6 is 11.6 Å². The van der Waals surface area contributed by atoms with E-state index in [-0.39, 0.29) is 28.3 Å². The number of halogens is 1. The molecule has 1 rings (SSSR count). The average molecular weight is 226 g/mol. The van der Waals surface area contributed by atoms with Crippen molar-refractivity contribution in [3.63, 3.8) is 0 Å². The number of carbonyl (C=O) groups excluding carboxylic acids is 1. The Morgan fingerprint density at radius 3 is 2.80 bits per heavy atom. The topological polar surface area (TPSA) is 70.3 Å². The molecule has 0 unspecified atom stereocenters. The van der Waals surface area contributed by atoms with E-state index in [2.05, 4.69) is 4.74 Å². The highest BCUT2D eigenvalue weighted by molar-refractivity contribution is 6.17. The second-order valence-electron chi connectivity index (χ2n) is 2.72. The number of esters is 1. The molecule has 0 heterocycles. The molecule has 0 bridgehead atoms. The van der Waals surface area contributed by atoms with Crippen molar-refractivity contribution in [2.45, 2.75) is 5.88 Å². The van der Waals surface area contributed by atoms with Crippen LogP contribution in [0.3, 0.4) is 0 Å². The van der Waals surface area contributed by atoms with Crippen LogP contribution in [0.5, 0.6) is 5.75 Å². The highest BCUT2D eigenvalue weighted by atomic mass is 35.5. The maximum Gasteiger partial charge on any atom is 0.339 e. The number of phenolic OH excluding ortho intramolecular Hbond substituents is 1. The second kappa shape index (κ2) is 4.67. The Kier molecular flexibility index (Phi) is 3.53. The first kappa shape index (κ1) is 11.3. The number of alkyl halides is 1. The number of phenols is 1. The van der Waals surface area contributed by atoms with E-state index in [0.29, 0.717) is 0 Å². The van der Waals surface area contributed by atoms with Gasteiger partial charge in [0.25, 0.3) is 0 Å². The van der Waals surface area contributed by atoms with E-state index in [0.717, 1.165) is 0 Å². The van der Waals surface area contributed by atoms with Gasteiger partial charge in [-0.3, -0.25) is 0 Å². The summed E-state index contributed by atoms with van der Waals surface area (Å²) in [5, 5.41) is 18.3. The van der Waals surface area contributed by atoms with Crippen molar-refractivity contribution in [1.82, 2.24) is 0 Å².